The second-order valence-corrected chi connectivity index (χ2v) is 14.4. The number of furan rings is 1. The van der Waals surface area contributed by atoms with Gasteiger partial charge in [-0.25, -0.2) is 0 Å². The van der Waals surface area contributed by atoms with Gasteiger partial charge in [0.15, 0.2) is 5.58 Å². The van der Waals surface area contributed by atoms with E-state index in [0.717, 1.165) is 55.3 Å². The Morgan fingerprint density at radius 3 is 1.70 bits per heavy atom. The first-order valence-electron chi connectivity index (χ1n) is 19.0. The molecule has 56 heavy (non-hydrogen) atoms. The summed E-state index contributed by atoms with van der Waals surface area (Å²) in [6.07, 6.45) is 3.80. The fourth-order valence-corrected chi connectivity index (χ4v) is 8.44. The number of hydrogen-bond acceptors (Lipinski definition) is 3. The van der Waals surface area contributed by atoms with Crippen LogP contribution in [-0.4, -0.2) is 4.98 Å². The molecule has 0 bridgehead atoms. The smallest absolute Gasteiger partial charge is 0.155 e. The molecule has 262 valence electrons. The van der Waals surface area contributed by atoms with Crippen molar-refractivity contribution in [1.29, 1.82) is 0 Å². The molecule has 0 aliphatic rings. The molecule has 0 atom stereocenters. The maximum absolute atomic E-state index is 6.62. The topological polar surface area (TPSA) is 29.3 Å². The Balaban J connectivity index is 1.09. The summed E-state index contributed by atoms with van der Waals surface area (Å²) in [5, 5.41) is 9.25. The van der Waals surface area contributed by atoms with E-state index in [4.69, 9.17) is 9.40 Å². The summed E-state index contributed by atoms with van der Waals surface area (Å²) in [5.74, 6) is 0. The molecular formula is C53H34N2O. The van der Waals surface area contributed by atoms with Crippen LogP contribution in [0.4, 0.5) is 17.1 Å². The second kappa shape index (κ2) is 13.1. The molecule has 0 amide bonds. The van der Waals surface area contributed by atoms with E-state index >= 15 is 0 Å². The number of fused-ring (bicyclic) bond motifs is 7. The van der Waals surface area contributed by atoms with Crippen LogP contribution in [-0.2, 0) is 0 Å². The Bertz CT molecular complexity index is 3230. The Kier molecular flexibility index (Phi) is 7.49. The van der Waals surface area contributed by atoms with Crippen molar-refractivity contribution in [1.82, 2.24) is 4.98 Å². The molecule has 11 rings (SSSR count). The van der Waals surface area contributed by atoms with Crippen LogP contribution >= 0.6 is 0 Å². The highest BCUT2D eigenvalue weighted by Gasteiger charge is 2.21. The molecule has 0 spiro atoms. The summed E-state index contributed by atoms with van der Waals surface area (Å²) < 4.78 is 6.62. The molecule has 3 nitrogen and oxygen atoms in total. The average Bonchev–Trinajstić information content (AvgIpc) is 3.67. The maximum Gasteiger partial charge on any atom is 0.155 e. The number of aromatic nitrogens is 1. The summed E-state index contributed by atoms with van der Waals surface area (Å²) in [7, 11) is 0. The fraction of sp³-hybridized carbons (Fsp3) is 0. The highest BCUT2D eigenvalue weighted by Crippen LogP contribution is 2.45. The summed E-state index contributed by atoms with van der Waals surface area (Å²) >= 11 is 0. The number of rotatable bonds is 6. The van der Waals surface area contributed by atoms with Crippen molar-refractivity contribution in [2.24, 2.45) is 0 Å². The lowest BCUT2D eigenvalue weighted by molar-refractivity contribution is 0.670. The molecule has 0 N–H and O–H groups in total. The number of benzene rings is 9. The van der Waals surface area contributed by atoms with Crippen molar-refractivity contribution in [3.63, 3.8) is 0 Å². The Morgan fingerprint density at radius 2 is 0.964 bits per heavy atom. The van der Waals surface area contributed by atoms with Gasteiger partial charge in [0.05, 0.1) is 23.5 Å². The van der Waals surface area contributed by atoms with E-state index in [0.29, 0.717) is 0 Å². The van der Waals surface area contributed by atoms with Crippen LogP contribution in [0.15, 0.2) is 211 Å². The van der Waals surface area contributed by atoms with Crippen LogP contribution in [0, 0.1) is 0 Å². The predicted molar refractivity (Wildman–Crippen MR) is 235 cm³/mol. The molecular weight excluding hydrogens is 681 g/mol. The number of pyridine rings is 1. The van der Waals surface area contributed by atoms with Crippen LogP contribution in [0.3, 0.4) is 0 Å². The molecule has 2 aromatic heterocycles. The first kappa shape index (κ1) is 32.0. The van der Waals surface area contributed by atoms with Gasteiger partial charge in [-0.2, -0.15) is 0 Å². The summed E-state index contributed by atoms with van der Waals surface area (Å²) in [5.41, 5.74) is 11.8. The first-order chi connectivity index (χ1) is 27.8. The van der Waals surface area contributed by atoms with E-state index in [2.05, 4.69) is 199 Å². The molecule has 0 aliphatic carbocycles. The van der Waals surface area contributed by atoms with E-state index < -0.39 is 0 Å². The van der Waals surface area contributed by atoms with Gasteiger partial charge in [0.25, 0.3) is 0 Å². The number of hydrogen-bond donors (Lipinski definition) is 0. The monoisotopic (exact) mass is 714 g/mol. The minimum absolute atomic E-state index is 0.757. The zero-order chi connectivity index (χ0) is 37.0. The van der Waals surface area contributed by atoms with Gasteiger partial charge in [-0.15, -0.1) is 0 Å². The van der Waals surface area contributed by atoms with E-state index in [-0.39, 0.29) is 0 Å². The summed E-state index contributed by atoms with van der Waals surface area (Å²) in [6.45, 7) is 0. The van der Waals surface area contributed by atoms with Gasteiger partial charge in [0, 0.05) is 22.1 Å². The van der Waals surface area contributed by atoms with Gasteiger partial charge in [-0.1, -0.05) is 152 Å². The van der Waals surface area contributed by atoms with Crippen molar-refractivity contribution in [3.05, 3.63) is 207 Å². The molecule has 0 fully saturated rings. The highest BCUT2D eigenvalue weighted by atomic mass is 16.3. The Labute approximate surface area is 324 Å². The largest absolute Gasteiger partial charge is 0.454 e. The van der Waals surface area contributed by atoms with Gasteiger partial charge >= 0.3 is 0 Å². The van der Waals surface area contributed by atoms with E-state index in [1.807, 2.05) is 12.4 Å². The first-order valence-corrected chi connectivity index (χ1v) is 19.0. The molecule has 3 heteroatoms. The van der Waals surface area contributed by atoms with E-state index in [1.54, 1.807) is 0 Å². The lowest BCUT2D eigenvalue weighted by Gasteiger charge is -2.26. The van der Waals surface area contributed by atoms with Crippen LogP contribution in [0.2, 0.25) is 0 Å². The fourth-order valence-electron chi connectivity index (χ4n) is 8.44. The minimum Gasteiger partial charge on any atom is -0.454 e. The molecule has 0 aliphatic heterocycles. The van der Waals surface area contributed by atoms with Crippen molar-refractivity contribution in [3.8, 4) is 33.4 Å². The van der Waals surface area contributed by atoms with Gasteiger partial charge in [-0.3, -0.25) is 4.98 Å². The third kappa shape index (κ3) is 5.32. The maximum atomic E-state index is 6.62. The van der Waals surface area contributed by atoms with Gasteiger partial charge in [0.1, 0.15) is 5.58 Å². The third-order valence-corrected chi connectivity index (χ3v) is 11.1. The zero-order valence-corrected chi connectivity index (χ0v) is 30.4. The van der Waals surface area contributed by atoms with Crippen LogP contribution < -0.4 is 4.90 Å². The SMILES string of the molecule is c1ccc(-c2cc(-c3ccc(N(c4ccc(-c5cccc6ccccc56)cc4)c4cncc5oc6c7ccccc7ccc6c45)cc3)c3ccccc3c2)cc1. The lowest BCUT2D eigenvalue weighted by Crippen LogP contribution is -2.10. The molecule has 0 unspecified atom stereocenters. The van der Waals surface area contributed by atoms with Crippen molar-refractivity contribution in [2.45, 2.75) is 0 Å². The lowest BCUT2D eigenvalue weighted by atomic mass is 9.93. The van der Waals surface area contributed by atoms with Crippen molar-refractivity contribution < 1.29 is 4.42 Å². The normalized spacial score (nSPS) is 11.6. The second-order valence-electron chi connectivity index (χ2n) is 14.4. The quantitative estimate of drug-likeness (QED) is 0.172. The van der Waals surface area contributed by atoms with Gasteiger partial charge in [-0.05, 0) is 103 Å². The number of nitrogens with zero attached hydrogens (tertiary/aromatic N) is 2. The van der Waals surface area contributed by atoms with E-state index in [1.165, 1.54) is 49.4 Å². The minimum atomic E-state index is 0.757. The summed E-state index contributed by atoms with van der Waals surface area (Å²) in [6, 6.07) is 69.6. The Hall–Kier alpha value is -7.49. The molecule has 11 aromatic rings. The van der Waals surface area contributed by atoms with Crippen molar-refractivity contribution >= 4 is 71.3 Å². The van der Waals surface area contributed by atoms with Crippen LogP contribution in [0.1, 0.15) is 0 Å². The van der Waals surface area contributed by atoms with E-state index in [9.17, 15) is 0 Å². The predicted octanol–water partition coefficient (Wildman–Crippen LogP) is 14.9. The standard InChI is InChI=1S/C53H34N2O/c1-2-11-35(12-3-1)41-31-40-15-6-8-18-46(40)49(32-41)39-23-28-43(29-24-39)55(42-26-21-38(22-27-42)45-20-10-16-36-13-4-7-17-44(36)45)50-33-54-34-51-52(50)48-30-25-37-14-5-9-19-47(37)53(48)56-51/h1-34H. The highest BCUT2D eigenvalue weighted by molar-refractivity contribution is 6.19. The number of anilines is 3. The van der Waals surface area contributed by atoms with Crippen LogP contribution in [0.5, 0.6) is 0 Å². The zero-order valence-electron chi connectivity index (χ0n) is 30.4. The molecule has 0 radical (unpaired) electrons. The Morgan fingerprint density at radius 1 is 0.375 bits per heavy atom. The average molecular weight is 715 g/mol. The molecule has 9 aromatic carbocycles. The van der Waals surface area contributed by atoms with Crippen LogP contribution in [0.25, 0.3) is 87.6 Å². The molecule has 0 saturated carbocycles. The summed E-state index contributed by atoms with van der Waals surface area (Å²) in [4.78, 5) is 7.08. The third-order valence-electron chi connectivity index (χ3n) is 11.1. The molecule has 2 heterocycles. The van der Waals surface area contributed by atoms with Gasteiger partial charge < -0.3 is 9.32 Å². The van der Waals surface area contributed by atoms with Gasteiger partial charge in [0.2, 0.25) is 0 Å². The molecule has 0 saturated heterocycles. The van der Waals surface area contributed by atoms with Crippen molar-refractivity contribution in [2.75, 3.05) is 4.90 Å².